The predicted octanol–water partition coefficient (Wildman–Crippen LogP) is 5.62. The van der Waals surface area contributed by atoms with E-state index in [4.69, 9.17) is 13.8 Å². The molecule has 2 aromatic carbocycles. The number of likely N-dealkylation sites (tertiary alicyclic amines) is 1. The van der Waals surface area contributed by atoms with E-state index >= 15 is 0 Å². The Balaban J connectivity index is 1.40. The van der Waals surface area contributed by atoms with Gasteiger partial charge in [-0.2, -0.15) is 0 Å². The standard InChI is InChI=1S/C29H34N3O7P/c1-20-26(29(33)39-25-12-14-31(15-13-25)19-22-8-4-3-5-9-22)27(23-10-6-11-24(18-23)32(34)35)28(21(2)30-20)40(36)37-16-7-17-38-40/h3-6,8-11,18,25,27,30H,7,12-17,19H2,1-2H3. The quantitative estimate of drug-likeness (QED) is 0.197. The van der Waals surface area contributed by atoms with Gasteiger partial charge in [0.25, 0.3) is 5.69 Å². The fourth-order valence-corrected chi connectivity index (χ4v) is 7.76. The molecule has 3 aliphatic heterocycles. The van der Waals surface area contributed by atoms with Crippen molar-refractivity contribution in [2.45, 2.75) is 51.7 Å². The van der Waals surface area contributed by atoms with E-state index < -0.39 is 24.4 Å². The molecule has 212 valence electrons. The molecule has 0 aliphatic carbocycles. The Hall–Kier alpha value is -3.30. The molecule has 1 atom stereocenters. The van der Waals surface area contributed by atoms with Gasteiger partial charge in [0.2, 0.25) is 0 Å². The average Bonchev–Trinajstić information content (AvgIpc) is 2.94. The highest BCUT2D eigenvalue weighted by molar-refractivity contribution is 7.58. The number of nitrogens with one attached hydrogen (secondary N) is 1. The second kappa shape index (κ2) is 12.1. The number of nitro groups is 1. The van der Waals surface area contributed by atoms with Gasteiger partial charge in [-0.25, -0.2) is 4.79 Å². The number of esters is 1. The Morgan fingerprint density at radius 3 is 2.45 bits per heavy atom. The number of piperidine rings is 1. The molecule has 0 amide bonds. The third kappa shape index (κ3) is 6.05. The number of hydrogen-bond donors (Lipinski definition) is 1. The Bertz CT molecular complexity index is 1370. The molecule has 2 saturated heterocycles. The molecular formula is C29H34N3O7P. The van der Waals surface area contributed by atoms with Crippen molar-refractivity contribution in [3.8, 4) is 0 Å². The summed E-state index contributed by atoms with van der Waals surface area (Å²) >= 11 is 0. The maximum absolute atomic E-state index is 14.0. The number of ether oxygens (including phenoxy) is 1. The first-order chi connectivity index (χ1) is 19.2. The maximum atomic E-state index is 14.0. The summed E-state index contributed by atoms with van der Waals surface area (Å²) in [6.45, 7) is 6.42. The van der Waals surface area contributed by atoms with Crippen molar-refractivity contribution in [3.63, 3.8) is 0 Å². The van der Waals surface area contributed by atoms with Gasteiger partial charge in [0.1, 0.15) is 6.10 Å². The van der Waals surface area contributed by atoms with E-state index in [0.29, 0.717) is 36.2 Å². The van der Waals surface area contributed by atoms with Crippen LogP contribution < -0.4 is 5.32 Å². The summed E-state index contributed by atoms with van der Waals surface area (Å²) < 4.78 is 31.4. The van der Waals surface area contributed by atoms with Crippen molar-refractivity contribution >= 4 is 19.3 Å². The highest BCUT2D eigenvalue weighted by Crippen LogP contribution is 2.65. The molecule has 0 spiro atoms. The molecule has 0 saturated carbocycles. The van der Waals surface area contributed by atoms with Crippen LogP contribution >= 0.6 is 7.60 Å². The molecule has 1 N–H and O–H groups in total. The van der Waals surface area contributed by atoms with E-state index in [-0.39, 0.29) is 35.9 Å². The second-order valence-electron chi connectivity index (χ2n) is 10.3. The summed E-state index contributed by atoms with van der Waals surface area (Å²) in [5.74, 6) is -1.44. The number of carbonyl (C=O) groups is 1. The number of carbonyl (C=O) groups excluding carboxylic acids is 1. The largest absolute Gasteiger partial charge is 0.459 e. The van der Waals surface area contributed by atoms with Crippen LogP contribution in [0.2, 0.25) is 0 Å². The lowest BCUT2D eigenvalue weighted by molar-refractivity contribution is -0.384. The van der Waals surface area contributed by atoms with Crippen molar-refractivity contribution in [2.75, 3.05) is 26.3 Å². The highest BCUT2D eigenvalue weighted by atomic mass is 31.2. The first-order valence-corrected chi connectivity index (χ1v) is 15.1. The Morgan fingerprint density at radius 2 is 1.77 bits per heavy atom. The Labute approximate surface area is 233 Å². The van der Waals surface area contributed by atoms with E-state index in [9.17, 15) is 19.5 Å². The summed E-state index contributed by atoms with van der Waals surface area (Å²) in [5, 5.41) is 15.1. The zero-order valence-corrected chi connectivity index (χ0v) is 23.6. The van der Waals surface area contributed by atoms with E-state index in [1.54, 1.807) is 26.0 Å². The van der Waals surface area contributed by atoms with Crippen molar-refractivity contribution < 1.29 is 28.1 Å². The van der Waals surface area contributed by atoms with Gasteiger partial charge in [-0.05, 0) is 44.2 Å². The molecule has 11 heteroatoms. The van der Waals surface area contributed by atoms with Crippen LogP contribution in [0, 0.1) is 10.1 Å². The van der Waals surface area contributed by atoms with E-state index in [1.165, 1.54) is 17.7 Å². The minimum Gasteiger partial charge on any atom is -0.459 e. The topological polar surface area (TPSA) is 120 Å². The minimum absolute atomic E-state index is 0.132. The molecule has 0 bridgehead atoms. The van der Waals surface area contributed by atoms with Crippen molar-refractivity contribution in [1.29, 1.82) is 0 Å². The van der Waals surface area contributed by atoms with Crippen LogP contribution in [0.25, 0.3) is 0 Å². The third-order valence-electron chi connectivity index (χ3n) is 7.52. The molecule has 2 aromatic rings. The van der Waals surface area contributed by atoms with Crippen LogP contribution in [-0.2, 0) is 29.7 Å². The third-order valence-corrected chi connectivity index (χ3v) is 9.75. The number of hydrogen-bond acceptors (Lipinski definition) is 9. The number of rotatable bonds is 7. The second-order valence-corrected chi connectivity index (χ2v) is 12.3. The first-order valence-electron chi connectivity index (χ1n) is 13.5. The van der Waals surface area contributed by atoms with Gasteiger partial charge in [0.05, 0.1) is 34.9 Å². The average molecular weight is 568 g/mol. The number of allylic oxidation sites excluding steroid dienone is 3. The first kappa shape index (κ1) is 28.2. The van der Waals surface area contributed by atoms with Crippen LogP contribution in [0.4, 0.5) is 5.69 Å². The van der Waals surface area contributed by atoms with Crippen molar-refractivity contribution in [2.24, 2.45) is 0 Å². The van der Waals surface area contributed by atoms with Gasteiger partial charge in [-0.3, -0.25) is 19.6 Å². The molecule has 3 heterocycles. The van der Waals surface area contributed by atoms with Gasteiger partial charge < -0.3 is 19.1 Å². The number of nitrogens with zero attached hydrogens (tertiary/aromatic N) is 2. The van der Waals surface area contributed by atoms with Gasteiger partial charge in [0, 0.05) is 43.2 Å². The van der Waals surface area contributed by atoms with Crippen LogP contribution in [0.3, 0.4) is 0 Å². The fraction of sp³-hybridized carbons (Fsp3) is 0.414. The minimum atomic E-state index is -3.79. The maximum Gasteiger partial charge on any atom is 0.360 e. The van der Waals surface area contributed by atoms with E-state index in [2.05, 4.69) is 22.3 Å². The van der Waals surface area contributed by atoms with Crippen LogP contribution in [0.5, 0.6) is 0 Å². The number of dihydropyridines is 1. The van der Waals surface area contributed by atoms with Crippen LogP contribution in [-0.4, -0.2) is 48.2 Å². The van der Waals surface area contributed by atoms with Crippen molar-refractivity contribution in [3.05, 3.63) is 98.1 Å². The normalized spacial score (nSPS) is 22.1. The van der Waals surface area contributed by atoms with Crippen LogP contribution in [0.15, 0.2) is 76.9 Å². The molecular weight excluding hydrogens is 533 g/mol. The number of nitro benzene ring substituents is 1. The molecule has 3 aliphatic rings. The molecule has 5 rings (SSSR count). The summed E-state index contributed by atoms with van der Waals surface area (Å²) in [7, 11) is -3.79. The number of non-ortho nitro benzene ring substituents is 1. The number of benzene rings is 2. The van der Waals surface area contributed by atoms with Gasteiger partial charge in [-0.15, -0.1) is 0 Å². The lowest BCUT2D eigenvalue weighted by Gasteiger charge is -2.37. The van der Waals surface area contributed by atoms with Gasteiger partial charge in [-0.1, -0.05) is 42.5 Å². The van der Waals surface area contributed by atoms with Gasteiger partial charge >= 0.3 is 13.6 Å². The lowest BCUT2D eigenvalue weighted by atomic mass is 9.86. The molecule has 2 fully saturated rings. The SMILES string of the molecule is CC1=C(C(=O)OC2CCN(Cc3ccccc3)CC2)C(c2cccc([N+](=O)[O-])c2)C(P2(=O)OCCCO2)=C(C)N1. The molecule has 0 aromatic heterocycles. The lowest BCUT2D eigenvalue weighted by Crippen LogP contribution is -2.38. The summed E-state index contributed by atoms with van der Waals surface area (Å²) in [4.78, 5) is 27.3. The molecule has 1 unspecified atom stereocenters. The predicted molar refractivity (Wildman–Crippen MR) is 149 cm³/mol. The van der Waals surface area contributed by atoms with Gasteiger partial charge in [0.15, 0.2) is 0 Å². The Morgan fingerprint density at radius 1 is 1.07 bits per heavy atom. The summed E-state index contributed by atoms with van der Waals surface area (Å²) in [5.41, 5.74) is 2.87. The van der Waals surface area contributed by atoms with E-state index in [1.807, 2.05) is 18.2 Å². The monoisotopic (exact) mass is 567 g/mol. The van der Waals surface area contributed by atoms with E-state index in [0.717, 1.165) is 19.6 Å². The smallest absolute Gasteiger partial charge is 0.360 e. The highest BCUT2D eigenvalue weighted by Gasteiger charge is 2.46. The molecule has 10 nitrogen and oxygen atoms in total. The van der Waals surface area contributed by atoms with Crippen molar-refractivity contribution in [1.82, 2.24) is 10.2 Å². The van der Waals surface area contributed by atoms with Crippen LogP contribution in [0.1, 0.15) is 50.2 Å². The molecule has 40 heavy (non-hydrogen) atoms. The molecule has 0 radical (unpaired) electrons. The fourth-order valence-electron chi connectivity index (χ4n) is 5.61. The summed E-state index contributed by atoms with van der Waals surface area (Å²) in [6.07, 6.45) is 1.69. The summed E-state index contributed by atoms with van der Waals surface area (Å²) in [6, 6.07) is 16.3. The Kier molecular flexibility index (Phi) is 8.51. The zero-order valence-electron chi connectivity index (χ0n) is 22.7. The zero-order chi connectivity index (χ0) is 28.3.